The molecule has 0 aliphatic carbocycles. The number of aliphatic imine (C=N–C) groups is 1. The number of thiophene rings is 1. The molecule has 0 aromatic carbocycles. The maximum Gasteiger partial charge on any atom is 0.0950 e. The second-order valence-electron chi connectivity index (χ2n) is 2.52. The molecule has 2 rings (SSSR count). The Balaban J connectivity index is 1.78. The predicted molar refractivity (Wildman–Crippen MR) is 55.7 cm³/mol. The van der Waals surface area contributed by atoms with Gasteiger partial charge in [0.2, 0.25) is 0 Å². The molecule has 64 valence electrons. The van der Waals surface area contributed by atoms with Gasteiger partial charge in [-0.05, 0) is 23.4 Å². The monoisotopic (exact) mass is 198 g/mol. The normalized spacial score (nSPS) is 15.8. The van der Waals surface area contributed by atoms with E-state index >= 15 is 0 Å². The van der Waals surface area contributed by atoms with Crippen LogP contribution in [0.5, 0.6) is 0 Å². The van der Waals surface area contributed by atoms with Gasteiger partial charge in [-0.1, -0.05) is 6.07 Å². The summed E-state index contributed by atoms with van der Waals surface area (Å²) in [6, 6.07) is 4.27. The first-order valence-electron chi connectivity index (χ1n) is 3.87. The fourth-order valence-electron chi connectivity index (χ4n) is 1.00. The van der Waals surface area contributed by atoms with E-state index in [4.69, 9.17) is 0 Å². The van der Waals surface area contributed by atoms with Crippen LogP contribution in [0.2, 0.25) is 0 Å². The molecule has 0 N–H and O–H groups in total. The van der Waals surface area contributed by atoms with Crippen LogP contribution < -0.4 is 0 Å². The Morgan fingerprint density at radius 2 is 2.67 bits per heavy atom. The van der Waals surface area contributed by atoms with E-state index in [1.165, 1.54) is 4.88 Å². The van der Waals surface area contributed by atoms with E-state index < -0.39 is 0 Å². The standard InChI is InChI=1S/C8H10N2S2/c1-2-8(11-5-1)6-12-10-4-3-9-7-10/h1-2,5,7H,3-4,6H2. The Hall–Kier alpha value is -0.480. The van der Waals surface area contributed by atoms with Crippen molar-refractivity contribution in [1.82, 2.24) is 4.31 Å². The fourth-order valence-corrected chi connectivity index (χ4v) is 2.65. The topological polar surface area (TPSA) is 15.6 Å². The molecule has 4 heteroatoms. The predicted octanol–water partition coefficient (Wildman–Crippen LogP) is 2.24. The van der Waals surface area contributed by atoms with Crippen LogP contribution in [0.4, 0.5) is 0 Å². The summed E-state index contributed by atoms with van der Waals surface area (Å²) >= 11 is 3.65. The third kappa shape index (κ3) is 2.01. The Kier molecular flexibility index (Phi) is 2.68. The van der Waals surface area contributed by atoms with Crippen LogP contribution in [0, 0.1) is 0 Å². The third-order valence-electron chi connectivity index (χ3n) is 1.61. The smallest absolute Gasteiger partial charge is 0.0950 e. The van der Waals surface area contributed by atoms with Crippen molar-refractivity contribution < 1.29 is 0 Å². The summed E-state index contributed by atoms with van der Waals surface area (Å²) in [5.41, 5.74) is 0. The van der Waals surface area contributed by atoms with Crippen LogP contribution in [0.15, 0.2) is 22.5 Å². The van der Waals surface area contributed by atoms with Crippen molar-refractivity contribution in [3.8, 4) is 0 Å². The van der Waals surface area contributed by atoms with Gasteiger partial charge in [-0.25, -0.2) is 0 Å². The number of nitrogens with zero attached hydrogens (tertiary/aromatic N) is 2. The highest BCUT2D eigenvalue weighted by Crippen LogP contribution is 2.20. The van der Waals surface area contributed by atoms with Crippen LogP contribution >= 0.6 is 23.3 Å². The van der Waals surface area contributed by atoms with Crippen molar-refractivity contribution in [3.05, 3.63) is 22.4 Å². The molecule has 1 aliphatic rings. The minimum Gasteiger partial charge on any atom is -0.305 e. The minimum atomic E-state index is 0.956. The van der Waals surface area contributed by atoms with Gasteiger partial charge in [0, 0.05) is 10.6 Å². The lowest BCUT2D eigenvalue weighted by Gasteiger charge is -2.10. The molecule has 0 fully saturated rings. The average Bonchev–Trinajstić information content (AvgIpc) is 2.74. The second-order valence-corrected chi connectivity index (χ2v) is 4.56. The summed E-state index contributed by atoms with van der Waals surface area (Å²) in [4.78, 5) is 5.58. The fraction of sp³-hybridized carbons (Fsp3) is 0.375. The zero-order valence-electron chi connectivity index (χ0n) is 6.64. The Labute approximate surface area is 80.4 Å². The van der Waals surface area contributed by atoms with Gasteiger partial charge in [0.15, 0.2) is 0 Å². The van der Waals surface area contributed by atoms with E-state index in [1.54, 1.807) is 0 Å². The quantitative estimate of drug-likeness (QED) is 0.692. The lowest BCUT2D eigenvalue weighted by molar-refractivity contribution is 0.747. The van der Waals surface area contributed by atoms with Gasteiger partial charge < -0.3 is 4.31 Å². The molecule has 2 heterocycles. The molecule has 0 amide bonds. The van der Waals surface area contributed by atoms with Gasteiger partial charge >= 0.3 is 0 Å². The molecule has 0 saturated carbocycles. The van der Waals surface area contributed by atoms with E-state index in [1.807, 2.05) is 29.6 Å². The lowest BCUT2D eigenvalue weighted by Crippen LogP contribution is -2.09. The van der Waals surface area contributed by atoms with Gasteiger partial charge in [0.1, 0.15) is 0 Å². The number of rotatable bonds is 3. The lowest BCUT2D eigenvalue weighted by atomic mass is 10.5. The maximum atomic E-state index is 4.15. The Morgan fingerprint density at radius 3 is 3.33 bits per heavy atom. The van der Waals surface area contributed by atoms with E-state index in [-0.39, 0.29) is 0 Å². The van der Waals surface area contributed by atoms with Gasteiger partial charge in [-0.2, -0.15) is 0 Å². The van der Waals surface area contributed by atoms with Crippen LogP contribution in [0.1, 0.15) is 4.88 Å². The highest BCUT2D eigenvalue weighted by Gasteiger charge is 2.05. The molecule has 0 bridgehead atoms. The molecule has 2 nitrogen and oxygen atoms in total. The van der Waals surface area contributed by atoms with Crippen LogP contribution in [0.3, 0.4) is 0 Å². The van der Waals surface area contributed by atoms with Crippen molar-refractivity contribution in [1.29, 1.82) is 0 Å². The van der Waals surface area contributed by atoms with Crippen molar-refractivity contribution in [3.63, 3.8) is 0 Å². The summed E-state index contributed by atoms with van der Waals surface area (Å²) < 4.78 is 2.19. The van der Waals surface area contributed by atoms with Crippen molar-refractivity contribution in [2.45, 2.75) is 5.75 Å². The summed E-state index contributed by atoms with van der Waals surface area (Å²) in [6.45, 7) is 2.02. The second kappa shape index (κ2) is 3.96. The maximum absolute atomic E-state index is 4.15. The van der Waals surface area contributed by atoms with Gasteiger partial charge in [0.05, 0.1) is 19.4 Å². The third-order valence-corrected chi connectivity index (χ3v) is 3.72. The van der Waals surface area contributed by atoms with Crippen molar-refractivity contribution in [2.75, 3.05) is 13.1 Å². The first-order valence-corrected chi connectivity index (χ1v) is 5.69. The SMILES string of the molecule is C1=NCCN1SCc1cccs1. The molecule has 0 radical (unpaired) electrons. The summed E-state index contributed by atoms with van der Waals surface area (Å²) in [5, 5.41) is 2.12. The summed E-state index contributed by atoms with van der Waals surface area (Å²) in [6.07, 6.45) is 1.93. The van der Waals surface area contributed by atoms with Crippen LogP contribution in [-0.4, -0.2) is 23.7 Å². The average molecular weight is 198 g/mol. The first-order chi connectivity index (χ1) is 5.95. The summed E-state index contributed by atoms with van der Waals surface area (Å²) in [7, 11) is 0. The van der Waals surface area contributed by atoms with E-state index in [0.717, 1.165) is 18.8 Å². The molecule has 1 aromatic heterocycles. The minimum absolute atomic E-state index is 0.956. The van der Waals surface area contributed by atoms with E-state index in [0.29, 0.717) is 0 Å². The molecular weight excluding hydrogens is 188 g/mol. The highest BCUT2D eigenvalue weighted by atomic mass is 32.2. The highest BCUT2D eigenvalue weighted by molar-refractivity contribution is 7.96. The zero-order chi connectivity index (χ0) is 8.23. The molecule has 1 aliphatic heterocycles. The summed E-state index contributed by atoms with van der Waals surface area (Å²) in [5.74, 6) is 1.07. The van der Waals surface area contributed by atoms with Gasteiger partial charge in [-0.3, -0.25) is 4.99 Å². The Bertz CT molecular complexity index is 256. The van der Waals surface area contributed by atoms with E-state index in [9.17, 15) is 0 Å². The molecule has 0 atom stereocenters. The Morgan fingerprint density at radius 1 is 1.67 bits per heavy atom. The first kappa shape index (κ1) is 8.13. The molecular formula is C8H10N2S2. The van der Waals surface area contributed by atoms with Crippen LogP contribution in [0.25, 0.3) is 0 Å². The van der Waals surface area contributed by atoms with E-state index in [2.05, 4.69) is 26.8 Å². The van der Waals surface area contributed by atoms with Gasteiger partial charge in [-0.15, -0.1) is 11.3 Å². The zero-order valence-corrected chi connectivity index (χ0v) is 8.27. The molecule has 1 aromatic rings. The van der Waals surface area contributed by atoms with Crippen molar-refractivity contribution >= 4 is 29.6 Å². The van der Waals surface area contributed by atoms with Crippen molar-refractivity contribution in [2.24, 2.45) is 4.99 Å². The largest absolute Gasteiger partial charge is 0.305 e. The molecule has 0 spiro atoms. The van der Waals surface area contributed by atoms with Crippen LogP contribution in [-0.2, 0) is 5.75 Å². The molecule has 12 heavy (non-hydrogen) atoms. The number of hydrogen-bond donors (Lipinski definition) is 0. The number of hydrogen-bond acceptors (Lipinski definition) is 4. The van der Waals surface area contributed by atoms with Gasteiger partial charge in [0.25, 0.3) is 0 Å². The molecule has 0 saturated heterocycles. The molecule has 0 unspecified atom stereocenters.